The third-order valence-electron chi connectivity index (χ3n) is 2.97. The van der Waals surface area contributed by atoms with E-state index in [4.69, 9.17) is 16.3 Å². The summed E-state index contributed by atoms with van der Waals surface area (Å²) >= 11 is 7.46. The lowest BCUT2D eigenvalue weighted by Gasteiger charge is -2.04. The zero-order valence-corrected chi connectivity index (χ0v) is 12.0. The van der Waals surface area contributed by atoms with E-state index in [0.29, 0.717) is 0 Å². The molecular weight excluding hydrogens is 280 g/mol. The predicted octanol–water partition coefficient (Wildman–Crippen LogP) is 4.33. The molecule has 0 atom stereocenters. The van der Waals surface area contributed by atoms with Crippen LogP contribution in [0, 0.1) is 6.92 Å². The third kappa shape index (κ3) is 2.17. The second-order valence-electron chi connectivity index (χ2n) is 4.12. The first-order chi connectivity index (χ1) is 9.19. The number of fused-ring (bicyclic) bond motifs is 1. The maximum atomic E-state index is 5.83. The molecule has 5 heteroatoms. The SMILES string of the molecule is COc1ccc(-c2c(C)sc3nc(Cl)ncc23)cc1. The van der Waals surface area contributed by atoms with Crippen LogP contribution >= 0.6 is 22.9 Å². The van der Waals surface area contributed by atoms with E-state index < -0.39 is 0 Å². The fourth-order valence-corrected chi connectivity index (χ4v) is 3.30. The molecular formula is C14H11ClN2OS. The highest BCUT2D eigenvalue weighted by molar-refractivity contribution is 7.19. The van der Waals surface area contributed by atoms with Gasteiger partial charge in [0, 0.05) is 22.0 Å². The number of hydrogen-bond acceptors (Lipinski definition) is 4. The molecule has 19 heavy (non-hydrogen) atoms. The van der Waals surface area contributed by atoms with Gasteiger partial charge in [0.25, 0.3) is 0 Å². The van der Waals surface area contributed by atoms with Gasteiger partial charge in [0.1, 0.15) is 10.6 Å². The minimum Gasteiger partial charge on any atom is -0.497 e. The number of halogens is 1. The molecule has 3 rings (SSSR count). The molecule has 2 heterocycles. The number of benzene rings is 1. The van der Waals surface area contributed by atoms with Crippen LogP contribution in [0.5, 0.6) is 5.75 Å². The Morgan fingerprint density at radius 2 is 1.95 bits per heavy atom. The molecule has 1 aromatic carbocycles. The normalized spacial score (nSPS) is 10.9. The van der Waals surface area contributed by atoms with Crippen LogP contribution in [0.1, 0.15) is 4.88 Å². The van der Waals surface area contributed by atoms with E-state index in [-0.39, 0.29) is 5.28 Å². The first-order valence-electron chi connectivity index (χ1n) is 5.75. The zero-order chi connectivity index (χ0) is 13.4. The van der Waals surface area contributed by atoms with Gasteiger partial charge in [-0.2, -0.15) is 0 Å². The van der Waals surface area contributed by atoms with Gasteiger partial charge in [-0.15, -0.1) is 11.3 Å². The van der Waals surface area contributed by atoms with E-state index in [1.807, 2.05) is 24.3 Å². The zero-order valence-electron chi connectivity index (χ0n) is 10.5. The Morgan fingerprint density at radius 1 is 1.21 bits per heavy atom. The van der Waals surface area contributed by atoms with E-state index in [1.165, 1.54) is 10.4 Å². The van der Waals surface area contributed by atoms with Crippen molar-refractivity contribution >= 4 is 33.2 Å². The van der Waals surface area contributed by atoms with Crippen LogP contribution < -0.4 is 4.74 Å². The summed E-state index contributed by atoms with van der Waals surface area (Å²) in [5, 5.41) is 1.33. The summed E-state index contributed by atoms with van der Waals surface area (Å²) in [7, 11) is 1.66. The number of aromatic nitrogens is 2. The third-order valence-corrected chi connectivity index (χ3v) is 4.17. The van der Waals surface area contributed by atoms with E-state index in [2.05, 4.69) is 16.9 Å². The Bertz CT molecular complexity index is 737. The first kappa shape index (κ1) is 12.4. The minimum absolute atomic E-state index is 0.287. The van der Waals surface area contributed by atoms with Crippen LogP contribution in [0.4, 0.5) is 0 Å². The molecule has 0 saturated heterocycles. The van der Waals surface area contributed by atoms with Crippen LogP contribution in [0.25, 0.3) is 21.3 Å². The van der Waals surface area contributed by atoms with Crippen molar-refractivity contribution in [1.29, 1.82) is 0 Å². The van der Waals surface area contributed by atoms with Crippen LogP contribution in [-0.4, -0.2) is 17.1 Å². The van der Waals surface area contributed by atoms with Crippen molar-refractivity contribution in [3.8, 4) is 16.9 Å². The smallest absolute Gasteiger partial charge is 0.223 e. The Hall–Kier alpha value is -1.65. The van der Waals surface area contributed by atoms with Gasteiger partial charge in [-0.05, 0) is 36.2 Å². The van der Waals surface area contributed by atoms with Gasteiger partial charge in [-0.25, -0.2) is 9.97 Å². The molecule has 0 fully saturated rings. The van der Waals surface area contributed by atoms with Crippen LogP contribution in [0.3, 0.4) is 0 Å². The van der Waals surface area contributed by atoms with Gasteiger partial charge < -0.3 is 4.74 Å². The number of ether oxygens (including phenoxy) is 1. The van der Waals surface area contributed by atoms with E-state index in [1.54, 1.807) is 24.6 Å². The molecule has 96 valence electrons. The van der Waals surface area contributed by atoms with Gasteiger partial charge in [-0.3, -0.25) is 0 Å². The number of nitrogens with zero attached hydrogens (tertiary/aromatic N) is 2. The molecule has 0 bridgehead atoms. The molecule has 0 unspecified atom stereocenters. The van der Waals surface area contributed by atoms with Crippen molar-refractivity contribution in [1.82, 2.24) is 9.97 Å². The van der Waals surface area contributed by atoms with Crippen molar-refractivity contribution in [2.45, 2.75) is 6.92 Å². The lowest BCUT2D eigenvalue weighted by Crippen LogP contribution is -1.84. The lowest BCUT2D eigenvalue weighted by atomic mass is 10.0. The molecule has 0 radical (unpaired) electrons. The molecule has 2 aromatic heterocycles. The Morgan fingerprint density at radius 3 is 2.63 bits per heavy atom. The maximum absolute atomic E-state index is 5.83. The van der Waals surface area contributed by atoms with Gasteiger partial charge in [0.05, 0.1) is 7.11 Å². The molecule has 0 N–H and O–H groups in total. The molecule has 0 aliphatic rings. The Balaban J connectivity index is 2.20. The van der Waals surface area contributed by atoms with Gasteiger partial charge in [0.15, 0.2) is 0 Å². The number of aryl methyl sites for hydroxylation is 1. The van der Waals surface area contributed by atoms with Gasteiger partial charge in [0.2, 0.25) is 5.28 Å². The van der Waals surface area contributed by atoms with Crippen molar-refractivity contribution in [3.63, 3.8) is 0 Å². The second-order valence-corrected chi connectivity index (χ2v) is 5.66. The molecule has 0 aliphatic heterocycles. The van der Waals surface area contributed by atoms with Crippen molar-refractivity contribution in [2.24, 2.45) is 0 Å². The van der Waals surface area contributed by atoms with Crippen molar-refractivity contribution in [3.05, 3.63) is 40.6 Å². The number of thiophene rings is 1. The quantitative estimate of drug-likeness (QED) is 0.659. The average molecular weight is 291 g/mol. The molecule has 0 saturated carbocycles. The molecule has 0 amide bonds. The largest absolute Gasteiger partial charge is 0.497 e. The molecule has 3 aromatic rings. The van der Waals surface area contributed by atoms with Crippen LogP contribution in [0.2, 0.25) is 5.28 Å². The van der Waals surface area contributed by atoms with E-state index in [9.17, 15) is 0 Å². The van der Waals surface area contributed by atoms with Crippen LogP contribution in [-0.2, 0) is 0 Å². The monoisotopic (exact) mass is 290 g/mol. The van der Waals surface area contributed by atoms with E-state index >= 15 is 0 Å². The average Bonchev–Trinajstić information content (AvgIpc) is 2.74. The maximum Gasteiger partial charge on any atom is 0.223 e. The van der Waals surface area contributed by atoms with Crippen LogP contribution in [0.15, 0.2) is 30.5 Å². The van der Waals surface area contributed by atoms with Crippen molar-refractivity contribution in [2.75, 3.05) is 7.11 Å². The highest BCUT2D eigenvalue weighted by atomic mass is 35.5. The standard InChI is InChI=1S/C14H11ClN2OS/c1-8-12(9-3-5-10(18-2)6-4-9)11-7-16-14(15)17-13(11)19-8/h3-7H,1-2H3. The summed E-state index contributed by atoms with van der Waals surface area (Å²) in [6.07, 6.45) is 1.79. The van der Waals surface area contributed by atoms with E-state index in [0.717, 1.165) is 21.5 Å². The lowest BCUT2D eigenvalue weighted by molar-refractivity contribution is 0.415. The topological polar surface area (TPSA) is 35.0 Å². The predicted molar refractivity (Wildman–Crippen MR) is 79.2 cm³/mol. The fraction of sp³-hybridized carbons (Fsp3) is 0.143. The first-order valence-corrected chi connectivity index (χ1v) is 6.94. The number of hydrogen-bond donors (Lipinski definition) is 0. The minimum atomic E-state index is 0.287. The summed E-state index contributed by atoms with van der Waals surface area (Å²) < 4.78 is 5.18. The summed E-state index contributed by atoms with van der Waals surface area (Å²) in [5.74, 6) is 0.847. The Kier molecular flexibility index (Phi) is 3.12. The summed E-state index contributed by atoms with van der Waals surface area (Å²) in [4.78, 5) is 10.5. The molecule has 0 spiro atoms. The number of methoxy groups -OCH3 is 1. The summed E-state index contributed by atoms with van der Waals surface area (Å²) in [5.41, 5.74) is 2.30. The van der Waals surface area contributed by atoms with Gasteiger partial charge in [-0.1, -0.05) is 12.1 Å². The Labute approximate surface area is 119 Å². The van der Waals surface area contributed by atoms with Crippen molar-refractivity contribution < 1.29 is 4.74 Å². The molecule has 3 nitrogen and oxygen atoms in total. The summed E-state index contributed by atoms with van der Waals surface area (Å²) in [6.45, 7) is 2.08. The highest BCUT2D eigenvalue weighted by Crippen LogP contribution is 2.37. The summed E-state index contributed by atoms with van der Waals surface area (Å²) in [6, 6.07) is 7.99. The highest BCUT2D eigenvalue weighted by Gasteiger charge is 2.13. The van der Waals surface area contributed by atoms with Gasteiger partial charge >= 0.3 is 0 Å². The second kappa shape index (κ2) is 4.79. The number of rotatable bonds is 2. The molecule has 0 aliphatic carbocycles. The fourth-order valence-electron chi connectivity index (χ4n) is 2.10.